The second-order valence-electron chi connectivity index (χ2n) is 6.00. The Morgan fingerprint density at radius 2 is 1.96 bits per heavy atom. The van der Waals surface area contributed by atoms with Crippen molar-refractivity contribution in [1.29, 1.82) is 0 Å². The highest BCUT2D eigenvalue weighted by Crippen LogP contribution is 2.18. The molecular formula is C17H25N3O3. The maximum Gasteiger partial charge on any atom is 0.326 e. The van der Waals surface area contributed by atoms with Crippen LogP contribution in [0.5, 0.6) is 0 Å². The van der Waals surface area contributed by atoms with Gasteiger partial charge in [0.05, 0.1) is 16.6 Å². The standard InChI is InChI=1S/C17H25N3O3/c1-5-17(23,6-2)11-19(4)15(21)12-8-9-14-13(10-12)18-16(22)20(14)7-3/h8-10,23H,5-7,11H2,1-4H3,(H,18,22). The lowest BCUT2D eigenvalue weighted by Gasteiger charge is -2.30. The highest BCUT2D eigenvalue weighted by Gasteiger charge is 2.26. The van der Waals surface area contributed by atoms with Crippen molar-refractivity contribution in [3.8, 4) is 0 Å². The predicted molar refractivity (Wildman–Crippen MR) is 90.7 cm³/mol. The van der Waals surface area contributed by atoms with E-state index in [2.05, 4.69) is 4.98 Å². The average molecular weight is 319 g/mol. The van der Waals surface area contributed by atoms with Gasteiger partial charge in [0.15, 0.2) is 0 Å². The van der Waals surface area contributed by atoms with Crippen molar-refractivity contribution < 1.29 is 9.90 Å². The molecule has 126 valence electrons. The van der Waals surface area contributed by atoms with Gasteiger partial charge in [0.25, 0.3) is 5.91 Å². The van der Waals surface area contributed by atoms with Crippen LogP contribution in [0.4, 0.5) is 0 Å². The number of nitrogens with zero attached hydrogens (tertiary/aromatic N) is 2. The van der Waals surface area contributed by atoms with Crippen molar-refractivity contribution in [3.05, 3.63) is 34.2 Å². The van der Waals surface area contributed by atoms with Crippen LogP contribution in [0.1, 0.15) is 44.0 Å². The first-order valence-electron chi connectivity index (χ1n) is 8.05. The number of benzene rings is 1. The van der Waals surface area contributed by atoms with E-state index in [-0.39, 0.29) is 18.1 Å². The van der Waals surface area contributed by atoms with Gasteiger partial charge in [-0.1, -0.05) is 13.8 Å². The Morgan fingerprint density at radius 1 is 1.30 bits per heavy atom. The summed E-state index contributed by atoms with van der Waals surface area (Å²) in [6.45, 7) is 6.57. The molecule has 1 aromatic carbocycles. The van der Waals surface area contributed by atoms with E-state index in [1.165, 1.54) is 4.90 Å². The Hall–Kier alpha value is -2.08. The number of carbonyl (C=O) groups excluding carboxylic acids is 1. The Bertz CT molecular complexity index is 756. The lowest BCUT2D eigenvalue weighted by Crippen LogP contribution is -2.43. The lowest BCUT2D eigenvalue weighted by molar-refractivity contribution is 0.00427. The highest BCUT2D eigenvalue weighted by molar-refractivity contribution is 5.97. The summed E-state index contributed by atoms with van der Waals surface area (Å²) >= 11 is 0. The van der Waals surface area contributed by atoms with Gasteiger partial charge in [-0.3, -0.25) is 9.36 Å². The molecule has 2 N–H and O–H groups in total. The van der Waals surface area contributed by atoms with E-state index in [0.717, 1.165) is 5.52 Å². The van der Waals surface area contributed by atoms with Gasteiger partial charge in [-0.05, 0) is 38.0 Å². The van der Waals surface area contributed by atoms with Gasteiger partial charge in [0, 0.05) is 25.7 Å². The normalized spacial score (nSPS) is 11.9. The van der Waals surface area contributed by atoms with Gasteiger partial charge in [0.1, 0.15) is 0 Å². The number of likely N-dealkylation sites (N-methyl/N-ethyl adjacent to an activating group) is 1. The zero-order valence-corrected chi connectivity index (χ0v) is 14.2. The number of aliphatic hydroxyl groups is 1. The average Bonchev–Trinajstić information content (AvgIpc) is 2.87. The van der Waals surface area contributed by atoms with E-state index >= 15 is 0 Å². The Kier molecular flexibility index (Phi) is 4.94. The molecule has 0 aliphatic heterocycles. The third kappa shape index (κ3) is 3.32. The monoisotopic (exact) mass is 319 g/mol. The van der Waals surface area contributed by atoms with Crippen LogP contribution in [-0.2, 0) is 6.54 Å². The molecule has 0 saturated heterocycles. The topological polar surface area (TPSA) is 78.3 Å². The molecule has 0 spiro atoms. The minimum atomic E-state index is -0.867. The third-order valence-corrected chi connectivity index (χ3v) is 4.53. The molecule has 1 heterocycles. The molecule has 1 aromatic heterocycles. The van der Waals surface area contributed by atoms with Crippen LogP contribution in [0.15, 0.2) is 23.0 Å². The molecule has 1 amide bonds. The van der Waals surface area contributed by atoms with Crippen molar-refractivity contribution in [2.24, 2.45) is 0 Å². The predicted octanol–water partition coefficient (Wildman–Crippen LogP) is 1.97. The Morgan fingerprint density at radius 3 is 2.52 bits per heavy atom. The molecule has 2 rings (SSSR count). The van der Waals surface area contributed by atoms with Crippen LogP contribution in [0.2, 0.25) is 0 Å². The summed E-state index contributed by atoms with van der Waals surface area (Å²) in [6, 6.07) is 5.19. The summed E-state index contributed by atoms with van der Waals surface area (Å²) in [7, 11) is 1.68. The van der Waals surface area contributed by atoms with Crippen molar-refractivity contribution in [2.75, 3.05) is 13.6 Å². The molecule has 0 unspecified atom stereocenters. The van der Waals surface area contributed by atoms with Crippen molar-refractivity contribution >= 4 is 16.9 Å². The number of imidazole rings is 1. The summed E-state index contributed by atoms with van der Waals surface area (Å²) in [4.78, 5) is 28.7. The number of aromatic nitrogens is 2. The van der Waals surface area contributed by atoms with Gasteiger partial charge < -0.3 is 15.0 Å². The number of nitrogens with one attached hydrogen (secondary N) is 1. The van der Waals surface area contributed by atoms with Gasteiger partial charge in [-0.2, -0.15) is 0 Å². The summed E-state index contributed by atoms with van der Waals surface area (Å²) in [5, 5.41) is 10.4. The maximum atomic E-state index is 12.6. The van der Waals surface area contributed by atoms with Gasteiger partial charge in [0.2, 0.25) is 0 Å². The van der Waals surface area contributed by atoms with E-state index in [1.807, 2.05) is 20.8 Å². The second kappa shape index (κ2) is 6.58. The first-order valence-corrected chi connectivity index (χ1v) is 8.05. The second-order valence-corrected chi connectivity index (χ2v) is 6.00. The van der Waals surface area contributed by atoms with E-state index in [4.69, 9.17) is 0 Å². The number of aryl methyl sites for hydroxylation is 1. The van der Waals surface area contributed by atoms with Crippen molar-refractivity contribution in [1.82, 2.24) is 14.5 Å². The number of hydrogen-bond donors (Lipinski definition) is 2. The molecular weight excluding hydrogens is 294 g/mol. The van der Waals surface area contributed by atoms with E-state index in [1.54, 1.807) is 29.8 Å². The number of hydrogen-bond acceptors (Lipinski definition) is 3. The van der Waals surface area contributed by atoms with Crippen LogP contribution < -0.4 is 5.69 Å². The smallest absolute Gasteiger partial charge is 0.326 e. The van der Waals surface area contributed by atoms with Gasteiger partial charge in [-0.15, -0.1) is 0 Å². The molecule has 0 aliphatic carbocycles. The zero-order chi connectivity index (χ0) is 17.2. The van der Waals surface area contributed by atoms with E-state index < -0.39 is 5.60 Å². The molecule has 2 aromatic rings. The fourth-order valence-electron chi connectivity index (χ4n) is 2.82. The fraction of sp³-hybridized carbons (Fsp3) is 0.529. The number of carbonyl (C=O) groups is 1. The molecule has 6 heteroatoms. The lowest BCUT2D eigenvalue weighted by atomic mass is 9.96. The minimum absolute atomic E-state index is 0.169. The zero-order valence-electron chi connectivity index (χ0n) is 14.2. The number of aromatic amines is 1. The fourth-order valence-corrected chi connectivity index (χ4v) is 2.82. The van der Waals surface area contributed by atoms with Crippen LogP contribution >= 0.6 is 0 Å². The van der Waals surface area contributed by atoms with Gasteiger partial charge >= 0.3 is 5.69 Å². The highest BCUT2D eigenvalue weighted by atomic mass is 16.3. The molecule has 0 atom stereocenters. The molecule has 6 nitrogen and oxygen atoms in total. The maximum absolute atomic E-state index is 12.6. The van der Waals surface area contributed by atoms with Crippen LogP contribution in [0, 0.1) is 0 Å². The number of amides is 1. The van der Waals surface area contributed by atoms with Crippen LogP contribution in [0.25, 0.3) is 11.0 Å². The first kappa shape index (κ1) is 17.3. The van der Waals surface area contributed by atoms with Gasteiger partial charge in [-0.25, -0.2) is 4.79 Å². The Labute approximate surface area is 135 Å². The van der Waals surface area contributed by atoms with E-state index in [0.29, 0.717) is 30.5 Å². The first-order chi connectivity index (χ1) is 10.8. The number of fused-ring (bicyclic) bond motifs is 1. The molecule has 0 fully saturated rings. The molecule has 0 saturated carbocycles. The van der Waals surface area contributed by atoms with Crippen LogP contribution in [-0.4, -0.2) is 44.7 Å². The summed E-state index contributed by atoms with van der Waals surface area (Å²) in [5.74, 6) is -0.169. The summed E-state index contributed by atoms with van der Waals surface area (Å²) in [5.41, 5.74) is 0.896. The molecule has 23 heavy (non-hydrogen) atoms. The Balaban J connectivity index is 2.29. The molecule has 0 radical (unpaired) electrons. The largest absolute Gasteiger partial charge is 0.388 e. The van der Waals surface area contributed by atoms with Crippen LogP contribution in [0.3, 0.4) is 0 Å². The van der Waals surface area contributed by atoms with Crippen molar-refractivity contribution in [3.63, 3.8) is 0 Å². The quantitative estimate of drug-likeness (QED) is 0.854. The van der Waals surface area contributed by atoms with Crippen molar-refractivity contribution in [2.45, 2.75) is 45.8 Å². The summed E-state index contributed by atoms with van der Waals surface area (Å²) < 4.78 is 1.63. The third-order valence-electron chi connectivity index (χ3n) is 4.53. The number of H-pyrrole nitrogens is 1. The minimum Gasteiger partial charge on any atom is -0.388 e. The van der Waals surface area contributed by atoms with E-state index in [9.17, 15) is 14.7 Å². The number of rotatable bonds is 6. The molecule has 0 aliphatic rings. The SMILES string of the molecule is CCn1c(=O)[nH]c2cc(C(=O)N(C)CC(O)(CC)CC)ccc21. The summed E-state index contributed by atoms with van der Waals surface area (Å²) in [6.07, 6.45) is 1.18. The molecule has 0 bridgehead atoms.